The number of halogens is 2. The van der Waals surface area contributed by atoms with Crippen molar-refractivity contribution in [3.63, 3.8) is 0 Å². The Morgan fingerprint density at radius 1 is 1.32 bits per heavy atom. The Balaban J connectivity index is 2.75. The van der Waals surface area contributed by atoms with Gasteiger partial charge in [0.05, 0.1) is 5.56 Å². The van der Waals surface area contributed by atoms with Crippen molar-refractivity contribution < 1.29 is 4.79 Å². The van der Waals surface area contributed by atoms with Crippen LogP contribution in [-0.4, -0.2) is 49.4 Å². The highest BCUT2D eigenvalue weighted by atomic mass is 79.9. The van der Waals surface area contributed by atoms with Gasteiger partial charge in [-0.25, -0.2) is 0 Å². The molecule has 106 valence electrons. The SMILES string of the molecule is CCN(CCCN(C)C)C(=O)c1cc(Cl)ccc1Br. The first-order valence-corrected chi connectivity index (χ1v) is 7.51. The molecule has 1 amide bonds. The summed E-state index contributed by atoms with van der Waals surface area (Å²) in [6.07, 6.45) is 0.963. The minimum atomic E-state index is 0.0237. The first kappa shape index (κ1) is 16.5. The summed E-state index contributed by atoms with van der Waals surface area (Å²) < 4.78 is 0.785. The number of hydrogen-bond acceptors (Lipinski definition) is 2. The molecular formula is C14H20BrClN2O. The highest BCUT2D eigenvalue weighted by molar-refractivity contribution is 9.10. The Labute approximate surface area is 128 Å². The molecule has 3 nitrogen and oxygen atoms in total. The maximum atomic E-state index is 12.4. The Kier molecular flexibility index (Phi) is 6.83. The Morgan fingerprint density at radius 2 is 2.00 bits per heavy atom. The molecule has 1 rings (SSSR count). The molecule has 0 aliphatic heterocycles. The second kappa shape index (κ2) is 7.88. The molecule has 0 radical (unpaired) electrons. The Bertz CT molecular complexity index is 437. The van der Waals surface area contributed by atoms with Crippen molar-refractivity contribution in [1.82, 2.24) is 9.80 Å². The number of nitrogens with zero attached hydrogens (tertiary/aromatic N) is 2. The van der Waals surface area contributed by atoms with E-state index in [0.29, 0.717) is 17.1 Å². The van der Waals surface area contributed by atoms with E-state index in [2.05, 4.69) is 20.8 Å². The maximum Gasteiger partial charge on any atom is 0.255 e. The highest BCUT2D eigenvalue weighted by Crippen LogP contribution is 2.22. The third kappa shape index (κ3) is 5.13. The van der Waals surface area contributed by atoms with E-state index in [1.165, 1.54) is 0 Å². The van der Waals surface area contributed by atoms with Gasteiger partial charge in [-0.15, -0.1) is 0 Å². The van der Waals surface area contributed by atoms with Crippen molar-refractivity contribution in [3.05, 3.63) is 33.3 Å². The van der Waals surface area contributed by atoms with Crippen LogP contribution in [0.3, 0.4) is 0 Å². The largest absolute Gasteiger partial charge is 0.339 e. The van der Waals surface area contributed by atoms with Crippen LogP contribution in [0.25, 0.3) is 0 Å². The topological polar surface area (TPSA) is 23.6 Å². The van der Waals surface area contributed by atoms with E-state index >= 15 is 0 Å². The third-order valence-corrected chi connectivity index (χ3v) is 3.79. The molecule has 1 aromatic carbocycles. The fourth-order valence-electron chi connectivity index (χ4n) is 1.81. The van der Waals surface area contributed by atoms with Crippen LogP contribution in [0.15, 0.2) is 22.7 Å². The summed E-state index contributed by atoms with van der Waals surface area (Å²) in [5.41, 5.74) is 0.624. The summed E-state index contributed by atoms with van der Waals surface area (Å²) in [5.74, 6) is 0.0237. The molecule has 0 unspecified atom stereocenters. The lowest BCUT2D eigenvalue weighted by Crippen LogP contribution is -2.33. The molecule has 0 fully saturated rings. The van der Waals surface area contributed by atoms with Gasteiger partial charge in [0.1, 0.15) is 0 Å². The van der Waals surface area contributed by atoms with Gasteiger partial charge in [-0.1, -0.05) is 11.6 Å². The van der Waals surface area contributed by atoms with Crippen LogP contribution in [0, 0.1) is 0 Å². The van der Waals surface area contributed by atoms with Gasteiger partial charge < -0.3 is 9.80 Å². The van der Waals surface area contributed by atoms with Gasteiger partial charge in [0, 0.05) is 22.6 Å². The fourth-order valence-corrected chi connectivity index (χ4v) is 2.40. The molecule has 5 heteroatoms. The number of carbonyl (C=O) groups is 1. The lowest BCUT2D eigenvalue weighted by atomic mass is 10.2. The number of amides is 1. The van der Waals surface area contributed by atoms with Gasteiger partial charge in [0.25, 0.3) is 5.91 Å². The van der Waals surface area contributed by atoms with E-state index < -0.39 is 0 Å². The first-order chi connectivity index (χ1) is 8.95. The molecule has 0 atom stereocenters. The summed E-state index contributed by atoms with van der Waals surface area (Å²) in [4.78, 5) is 16.4. The van der Waals surface area contributed by atoms with Gasteiger partial charge in [-0.2, -0.15) is 0 Å². The number of hydrogen-bond donors (Lipinski definition) is 0. The average molecular weight is 348 g/mol. The quantitative estimate of drug-likeness (QED) is 0.786. The molecule has 0 bridgehead atoms. The van der Waals surface area contributed by atoms with E-state index in [1.807, 2.05) is 32.0 Å². The van der Waals surface area contributed by atoms with Crippen molar-refractivity contribution in [3.8, 4) is 0 Å². The normalized spacial score (nSPS) is 10.8. The van der Waals surface area contributed by atoms with Gasteiger partial charge >= 0.3 is 0 Å². The molecule has 0 aromatic heterocycles. The second-order valence-electron chi connectivity index (χ2n) is 4.67. The van der Waals surface area contributed by atoms with E-state index in [-0.39, 0.29) is 5.91 Å². The predicted molar refractivity (Wildman–Crippen MR) is 83.9 cm³/mol. The van der Waals surface area contributed by atoms with E-state index in [4.69, 9.17) is 11.6 Å². The molecule has 0 aliphatic rings. The second-order valence-corrected chi connectivity index (χ2v) is 5.96. The summed E-state index contributed by atoms with van der Waals surface area (Å²) in [7, 11) is 4.07. The molecule has 0 saturated heterocycles. The minimum Gasteiger partial charge on any atom is -0.339 e. The van der Waals surface area contributed by atoms with Crippen molar-refractivity contribution >= 4 is 33.4 Å². The number of benzene rings is 1. The molecule has 19 heavy (non-hydrogen) atoms. The fraction of sp³-hybridized carbons (Fsp3) is 0.500. The van der Waals surface area contributed by atoms with Crippen molar-refractivity contribution in [2.75, 3.05) is 33.7 Å². The standard InChI is InChI=1S/C14H20BrClN2O/c1-4-18(9-5-8-17(2)3)14(19)12-10-11(16)6-7-13(12)15/h6-7,10H,4-5,8-9H2,1-3H3. The van der Waals surface area contributed by atoms with Gasteiger partial charge in [-0.05, 0) is 68.1 Å². The van der Waals surface area contributed by atoms with Crippen molar-refractivity contribution in [2.45, 2.75) is 13.3 Å². The van der Waals surface area contributed by atoms with Gasteiger partial charge in [-0.3, -0.25) is 4.79 Å². The average Bonchev–Trinajstić information content (AvgIpc) is 2.36. The van der Waals surface area contributed by atoms with Crippen LogP contribution < -0.4 is 0 Å². The molecular weight excluding hydrogens is 328 g/mol. The molecule has 0 aliphatic carbocycles. The number of carbonyl (C=O) groups excluding carboxylic acids is 1. The smallest absolute Gasteiger partial charge is 0.255 e. The van der Waals surface area contributed by atoms with Crippen LogP contribution in [0.1, 0.15) is 23.7 Å². The van der Waals surface area contributed by atoms with E-state index in [0.717, 1.165) is 24.0 Å². The van der Waals surface area contributed by atoms with E-state index in [9.17, 15) is 4.79 Å². The monoisotopic (exact) mass is 346 g/mol. The molecule has 1 aromatic rings. The summed E-state index contributed by atoms with van der Waals surface area (Å²) in [6.45, 7) is 4.42. The van der Waals surface area contributed by atoms with Crippen LogP contribution in [-0.2, 0) is 0 Å². The summed E-state index contributed by atoms with van der Waals surface area (Å²) >= 11 is 9.36. The van der Waals surface area contributed by atoms with Crippen molar-refractivity contribution in [2.24, 2.45) is 0 Å². The van der Waals surface area contributed by atoms with Crippen molar-refractivity contribution in [1.29, 1.82) is 0 Å². The Hall–Kier alpha value is -0.580. The van der Waals surface area contributed by atoms with Crippen LogP contribution in [0.5, 0.6) is 0 Å². The summed E-state index contributed by atoms with van der Waals surface area (Å²) in [6, 6.07) is 5.29. The zero-order chi connectivity index (χ0) is 14.4. The maximum absolute atomic E-state index is 12.4. The predicted octanol–water partition coefficient (Wildman–Crippen LogP) is 3.52. The van der Waals surface area contributed by atoms with Crippen LogP contribution in [0.2, 0.25) is 5.02 Å². The lowest BCUT2D eigenvalue weighted by molar-refractivity contribution is 0.0758. The Morgan fingerprint density at radius 3 is 2.58 bits per heavy atom. The molecule has 0 spiro atoms. The third-order valence-electron chi connectivity index (χ3n) is 2.86. The van der Waals surface area contributed by atoms with Crippen LogP contribution in [0.4, 0.5) is 0 Å². The van der Waals surface area contributed by atoms with Crippen LogP contribution >= 0.6 is 27.5 Å². The zero-order valence-corrected chi connectivity index (χ0v) is 14.0. The number of rotatable bonds is 6. The zero-order valence-electron chi connectivity index (χ0n) is 11.6. The molecule has 0 saturated carbocycles. The van der Waals surface area contributed by atoms with Gasteiger partial charge in [0.2, 0.25) is 0 Å². The molecule has 0 N–H and O–H groups in total. The first-order valence-electron chi connectivity index (χ1n) is 6.34. The van der Waals surface area contributed by atoms with E-state index in [1.54, 1.807) is 12.1 Å². The lowest BCUT2D eigenvalue weighted by Gasteiger charge is -2.22. The highest BCUT2D eigenvalue weighted by Gasteiger charge is 2.17. The summed E-state index contributed by atoms with van der Waals surface area (Å²) in [5, 5.41) is 0.580. The molecule has 0 heterocycles. The van der Waals surface area contributed by atoms with Gasteiger partial charge in [0.15, 0.2) is 0 Å². The minimum absolute atomic E-state index is 0.0237.